The van der Waals surface area contributed by atoms with Gasteiger partial charge in [0, 0.05) is 16.5 Å². The number of fused-ring (bicyclic) bond motifs is 1. The van der Waals surface area contributed by atoms with E-state index >= 15 is 0 Å². The molecule has 1 N–H and O–H groups in total. The van der Waals surface area contributed by atoms with E-state index in [4.69, 9.17) is 4.74 Å². The fourth-order valence-corrected chi connectivity index (χ4v) is 2.54. The van der Waals surface area contributed by atoms with Crippen molar-refractivity contribution < 1.29 is 9.13 Å². The summed E-state index contributed by atoms with van der Waals surface area (Å²) in [5, 5.41) is 0. The van der Waals surface area contributed by atoms with Crippen LogP contribution in [0.5, 0.6) is 0 Å². The van der Waals surface area contributed by atoms with Crippen LogP contribution < -0.4 is 5.56 Å². The first-order valence-corrected chi connectivity index (χ1v) is 6.59. The molecule has 1 aliphatic rings. The molecule has 98 valence electrons. The van der Waals surface area contributed by atoms with Crippen LogP contribution in [-0.4, -0.2) is 16.6 Å². The van der Waals surface area contributed by atoms with Crippen LogP contribution in [0.3, 0.4) is 0 Å². The molecule has 2 aromatic rings. The summed E-state index contributed by atoms with van der Waals surface area (Å²) in [6, 6.07) is 4.41. The molecule has 0 amide bonds. The number of nitrogens with zero attached hydrogens (tertiary/aromatic N) is 1. The third-order valence-electron chi connectivity index (χ3n) is 2.97. The van der Waals surface area contributed by atoms with Crippen LogP contribution in [0, 0.1) is 5.82 Å². The fraction of sp³-hybridized carbons (Fsp3) is 0.231. The lowest BCUT2D eigenvalue weighted by Gasteiger charge is -2.15. The number of H-pyrrole nitrogens is 1. The third kappa shape index (κ3) is 2.46. The van der Waals surface area contributed by atoms with E-state index < -0.39 is 0 Å². The Bertz CT molecular complexity index is 679. The fourth-order valence-electron chi connectivity index (χ4n) is 2.07. The first-order chi connectivity index (χ1) is 9.13. The molecular formula is C13H10BrFN2O2. The minimum atomic E-state index is -0.381. The highest BCUT2D eigenvalue weighted by Crippen LogP contribution is 2.22. The zero-order valence-corrected chi connectivity index (χ0v) is 11.5. The van der Waals surface area contributed by atoms with Gasteiger partial charge in [0.15, 0.2) is 0 Å². The second-order valence-corrected chi connectivity index (χ2v) is 5.22. The van der Waals surface area contributed by atoms with Crippen molar-refractivity contribution in [2.24, 2.45) is 0 Å². The van der Waals surface area contributed by atoms with Gasteiger partial charge in [-0.3, -0.25) is 4.79 Å². The number of rotatable bonds is 1. The largest absolute Gasteiger partial charge is 0.376 e. The van der Waals surface area contributed by atoms with Gasteiger partial charge in [-0.1, -0.05) is 15.9 Å². The Morgan fingerprint density at radius 3 is 3.00 bits per heavy atom. The molecule has 0 fully saturated rings. The highest BCUT2D eigenvalue weighted by molar-refractivity contribution is 9.10. The zero-order valence-electron chi connectivity index (χ0n) is 9.87. The van der Waals surface area contributed by atoms with Gasteiger partial charge in [0.05, 0.1) is 24.5 Å². The normalized spacial score (nSPS) is 14.2. The van der Waals surface area contributed by atoms with Crippen LogP contribution >= 0.6 is 15.9 Å². The number of benzene rings is 1. The second-order valence-electron chi connectivity index (χ2n) is 4.30. The van der Waals surface area contributed by atoms with Crippen LogP contribution in [0.25, 0.3) is 11.4 Å². The smallest absolute Gasteiger partial charge is 0.256 e. The third-order valence-corrected chi connectivity index (χ3v) is 3.42. The van der Waals surface area contributed by atoms with E-state index in [1.165, 1.54) is 12.1 Å². The van der Waals surface area contributed by atoms with Crippen molar-refractivity contribution in [3.8, 4) is 11.4 Å². The summed E-state index contributed by atoms with van der Waals surface area (Å²) >= 11 is 3.22. The van der Waals surface area contributed by atoms with Gasteiger partial charge >= 0.3 is 0 Å². The first-order valence-electron chi connectivity index (χ1n) is 5.80. The Morgan fingerprint density at radius 2 is 2.21 bits per heavy atom. The zero-order chi connectivity index (χ0) is 13.4. The van der Waals surface area contributed by atoms with Crippen LogP contribution in [0.4, 0.5) is 4.39 Å². The van der Waals surface area contributed by atoms with Crippen molar-refractivity contribution in [2.45, 2.75) is 13.0 Å². The van der Waals surface area contributed by atoms with Crippen molar-refractivity contribution in [2.75, 3.05) is 6.61 Å². The van der Waals surface area contributed by atoms with E-state index in [1.54, 1.807) is 6.07 Å². The Kier molecular flexibility index (Phi) is 3.20. The Hall–Kier alpha value is -1.53. The lowest BCUT2D eigenvalue weighted by molar-refractivity contribution is 0.108. The molecule has 0 radical (unpaired) electrons. The molecule has 4 nitrogen and oxygen atoms in total. The van der Waals surface area contributed by atoms with Gasteiger partial charge in [-0.2, -0.15) is 0 Å². The molecule has 6 heteroatoms. The topological polar surface area (TPSA) is 55.0 Å². The Balaban J connectivity index is 2.15. The van der Waals surface area contributed by atoms with Crippen LogP contribution in [0.2, 0.25) is 0 Å². The monoisotopic (exact) mass is 324 g/mol. The molecule has 0 bridgehead atoms. The van der Waals surface area contributed by atoms with E-state index in [0.29, 0.717) is 34.5 Å². The van der Waals surface area contributed by atoms with Gasteiger partial charge in [-0.25, -0.2) is 9.37 Å². The summed E-state index contributed by atoms with van der Waals surface area (Å²) in [5.41, 5.74) is 1.61. The standard InChI is InChI=1S/C13H10BrFN2O2/c14-8-3-7(4-9(15)5-8)12-16-11-1-2-19-6-10(11)13(18)17-12/h3-5H,1-2,6H2,(H,16,17,18). The number of aromatic amines is 1. The van der Waals surface area contributed by atoms with E-state index in [0.717, 1.165) is 5.69 Å². The van der Waals surface area contributed by atoms with Crippen molar-refractivity contribution in [1.29, 1.82) is 0 Å². The number of nitrogens with one attached hydrogen (secondary N) is 1. The molecule has 0 saturated carbocycles. The minimum Gasteiger partial charge on any atom is -0.376 e. The summed E-state index contributed by atoms with van der Waals surface area (Å²) in [5.74, 6) is -0.000993. The van der Waals surface area contributed by atoms with Crippen molar-refractivity contribution >= 4 is 15.9 Å². The summed E-state index contributed by atoms with van der Waals surface area (Å²) in [7, 11) is 0. The molecule has 0 atom stereocenters. The predicted molar refractivity (Wildman–Crippen MR) is 71.3 cm³/mol. The molecule has 2 heterocycles. The van der Waals surface area contributed by atoms with E-state index in [9.17, 15) is 9.18 Å². The molecule has 1 aromatic heterocycles. The van der Waals surface area contributed by atoms with Crippen molar-refractivity contribution in [1.82, 2.24) is 9.97 Å². The summed E-state index contributed by atoms with van der Waals surface area (Å²) in [6.45, 7) is 0.834. The number of hydrogen-bond donors (Lipinski definition) is 1. The molecule has 3 rings (SSSR count). The summed E-state index contributed by atoms with van der Waals surface area (Å²) < 4.78 is 19.2. The van der Waals surface area contributed by atoms with E-state index in [2.05, 4.69) is 25.9 Å². The average Bonchev–Trinajstić information content (AvgIpc) is 2.37. The minimum absolute atomic E-state index is 0.222. The lowest BCUT2D eigenvalue weighted by Crippen LogP contribution is -2.24. The van der Waals surface area contributed by atoms with Gasteiger partial charge in [0.2, 0.25) is 0 Å². The number of halogens is 2. The van der Waals surface area contributed by atoms with Gasteiger partial charge in [0.1, 0.15) is 11.6 Å². The highest BCUT2D eigenvalue weighted by Gasteiger charge is 2.16. The second kappa shape index (κ2) is 4.86. The van der Waals surface area contributed by atoms with Gasteiger partial charge < -0.3 is 9.72 Å². The van der Waals surface area contributed by atoms with E-state index in [1.807, 2.05) is 0 Å². The number of ether oxygens (including phenoxy) is 1. The maximum absolute atomic E-state index is 13.4. The van der Waals surface area contributed by atoms with Crippen LogP contribution in [-0.2, 0) is 17.8 Å². The molecular weight excluding hydrogens is 315 g/mol. The number of hydrogen-bond acceptors (Lipinski definition) is 3. The Morgan fingerprint density at radius 1 is 1.37 bits per heavy atom. The highest BCUT2D eigenvalue weighted by atomic mass is 79.9. The van der Waals surface area contributed by atoms with Crippen LogP contribution in [0.15, 0.2) is 27.5 Å². The molecule has 0 unspecified atom stereocenters. The maximum Gasteiger partial charge on any atom is 0.256 e. The van der Waals surface area contributed by atoms with Gasteiger partial charge in [-0.15, -0.1) is 0 Å². The molecule has 19 heavy (non-hydrogen) atoms. The predicted octanol–water partition coefficient (Wildman–Crippen LogP) is 2.41. The summed E-state index contributed by atoms with van der Waals surface area (Å²) in [6.07, 6.45) is 0.600. The summed E-state index contributed by atoms with van der Waals surface area (Å²) in [4.78, 5) is 19.0. The van der Waals surface area contributed by atoms with Crippen LogP contribution in [0.1, 0.15) is 11.3 Å². The first kappa shape index (κ1) is 12.5. The molecule has 1 aliphatic heterocycles. The SMILES string of the molecule is O=c1[nH]c(-c2cc(F)cc(Br)c2)nc2c1COCC2. The van der Waals surface area contributed by atoms with Gasteiger partial charge in [0.25, 0.3) is 5.56 Å². The molecule has 0 aliphatic carbocycles. The quantitative estimate of drug-likeness (QED) is 0.876. The molecule has 0 saturated heterocycles. The molecule has 0 spiro atoms. The van der Waals surface area contributed by atoms with Crippen molar-refractivity contribution in [3.63, 3.8) is 0 Å². The van der Waals surface area contributed by atoms with Crippen molar-refractivity contribution in [3.05, 3.63) is 50.1 Å². The lowest BCUT2D eigenvalue weighted by atomic mass is 10.1. The Labute approximate surface area is 116 Å². The van der Waals surface area contributed by atoms with E-state index in [-0.39, 0.29) is 18.0 Å². The molecule has 1 aromatic carbocycles. The average molecular weight is 325 g/mol. The number of aromatic nitrogens is 2. The maximum atomic E-state index is 13.4. The van der Waals surface area contributed by atoms with Gasteiger partial charge in [-0.05, 0) is 18.2 Å².